The molecule has 0 aromatic heterocycles. The highest BCUT2D eigenvalue weighted by molar-refractivity contribution is 6.30. The maximum Gasteiger partial charge on any atom is 0.256 e. The Bertz CT molecular complexity index is 746. The quantitative estimate of drug-likeness (QED) is 0.885. The van der Waals surface area contributed by atoms with Crippen molar-refractivity contribution in [2.75, 3.05) is 26.7 Å². The normalized spacial score (nSPS) is 17.6. The number of piperidine rings is 1. The van der Waals surface area contributed by atoms with E-state index in [0.29, 0.717) is 24.0 Å². The average Bonchev–Trinajstić information content (AvgIpc) is 2.62. The lowest BCUT2D eigenvalue weighted by Gasteiger charge is -2.32. The first-order valence-corrected chi connectivity index (χ1v) is 8.95. The second kappa shape index (κ2) is 7.98. The number of nitrogens with one attached hydrogen (secondary N) is 1. The molecule has 1 aliphatic heterocycles. The summed E-state index contributed by atoms with van der Waals surface area (Å²) in [6, 6.07) is 12.0. The lowest BCUT2D eigenvalue weighted by atomic mass is 9.97. The molecule has 2 aromatic rings. The molecule has 1 amide bonds. The van der Waals surface area contributed by atoms with Crippen LogP contribution in [0.1, 0.15) is 23.2 Å². The van der Waals surface area contributed by atoms with Gasteiger partial charge in [-0.15, -0.1) is 0 Å². The zero-order chi connectivity index (χ0) is 17.8. The van der Waals surface area contributed by atoms with Gasteiger partial charge in [0.05, 0.1) is 5.56 Å². The molecule has 2 aromatic carbocycles. The van der Waals surface area contributed by atoms with Crippen LogP contribution in [0.25, 0.3) is 11.1 Å². The summed E-state index contributed by atoms with van der Waals surface area (Å²) in [5.74, 6) is -0.270. The van der Waals surface area contributed by atoms with E-state index in [1.54, 1.807) is 29.2 Å². The van der Waals surface area contributed by atoms with Gasteiger partial charge in [0.2, 0.25) is 0 Å². The minimum Gasteiger partial charge on any atom is -0.338 e. The molecule has 1 unspecified atom stereocenters. The zero-order valence-electron chi connectivity index (χ0n) is 14.3. The van der Waals surface area contributed by atoms with Gasteiger partial charge < -0.3 is 10.2 Å². The van der Waals surface area contributed by atoms with E-state index in [1.165, 1.54) is 6.07 Å². The van der Waals surface area contributed by atoms with Crippen molar-refractivity contribution in [1.82, 2.24) is 10.2 Å². The number of carbonyl (C=O) groups excluding carboxylic acids is 1. The number of rotatable bonds is 4. The summed E-state index contributed by atoms with van der Waals surface area (Å²) in [5.41, 5.74) is 1.74. The van der Waals surface area contributed by atoms with Crippen molar-refractivity contribution in [3.05, 3.63) is 58.9 Å². The van der Waals surface area contributed by atoms with Gasteiger partial charge >= 0.3 is 0 Å². The Kier molecular flexibility index (Phi) is 5.71. The first-order chi connectivity index (χ1) is 12.1. The van der Waals surface area contributed by atoms with Crippen LogP contribution in [0.2, 0.25) is 5.02 Å². The van der Waals surface area contributed by atoms with E-state index in [2.05, 4.69) is 5.32 Å². The van der Waals surface area contributed by atoms with E-state index in [0.717, 1.165) is 30.5 Å². The second-order valence-electron chi connectivity index (χ2n) is 6.52. The molecule has 1 atom stereocenters. The van der Waals surface area contributed by atoms with Crippen molar-refractivity contribution in [3.8, 4) is 11.1 Å². The van der Waals surface area contributed by atoms with Crippen LogP contribution < -0.4 is 5.32 Å². The van der Waals surface area contributed by atoms with Crippen LogP contribution in [0.4, 0.5) is 4.39 Å². The number of halogens is 2. The topological polar surface area (TPSA) is 32.3 Å². The molecular weight excluding hydrogens is 339 g/mol. The summed E-state index contributed by atoms with van der Waals surface area (Å²) in [6.45, 7) is 2.25. The molecule has 5 heteroatoms. The van der Waals surface area contributed by atoms with Crippen LogP contribution >= 0.6 is 11.6 Å². The molecule has 1 saturated heterocycles. The summed E-state index contributed by atoms with van der Waals surface area (Å²) >= 11 is 5.89. The van der Waals surface area contributed by atoms with Gasteiger partial charge in [-0.25, -0.2) is 4.39 Å². The fourth-order valence-corrected chi connectivity index (χ4v) is 3.51. The van der Waals surface area contributed by atoms with Crippen LogP contribution in [-0.2, 0) is 0 Å². The molecule has 3 rings (SSSR count). The summed E-state index contributed by atoms with van der Waals surface area (Å²) in [6.07, 6.45) is 2.06. The molecule has 1 heterocycles. The first-order valence-electron chi connectivity index (χ1n) is 8.58. The molecule has 0 aliphatic carbocycles. The standard InChI is InChI=1S/C20H22ClFN2O/c1-23-12-14-3-2-10-24(13-14)20(25)18-9-6-16(11-19(18)22)15-4-7-17(21)8-5-15/h4-9,11,14,23H,2-3,10,12-13H2,1H3. The van der Waals surface area contributed by atoms with Gasteiger partial charge in [0.1, 0.15) is 5.82 Å². The van der Waals surface area contributed by atoms with E-state index < -0.39 is 5.82 Å². The highest BCUT2D eigenvalue weighted by Gasteiger charge is 2.25. The second-order valence-corrected chi connectivity index (χ2v) is 6.96. The molecule has 0 radical (unpaired) electrons. The SMILES string of the molecule is CNCC1CCCN(C(=O)c2ccc(-c3ccc(Cl)cc3)cc2F)C1. The Morgan fingerprint density at radius 3 is 2.64 bits per heavy atom. The van der Waals surface area contributed by atoms with Gasteiger partial charge in [-0.05, 0) is 67.7 Å². The molecule has 1 fully saturated rings. The van der Waals surface area contributed by atoms with Crippen LogP contribution in [0.3, 0.4) is 0 Å². The third-order valence-electron chi connectivity index (χ3n) is 4.68. The van der Waals surface area contributed by atoms with Gasteiger partial charge in [0.25, 0.3) is 5.91 Å². The van der Waals surface area contributed by atoms with Crippen molar-refractivity contribution < 1.29 is 9.18 Å². The lowest BCUT2D eigenvalue weighted by molar-refractivity contribution is 0.0669. The minimum absolute atomic E-state index is 0.142. The van der Waals surface area contributed by atoms with E-state index in [9.17, 15) is 9.18 Å². The smallest absolute Gasteiger partial charge is 0.256 e. The fourth-order valence-electron chi connectivity index (χ4n) is 3.39. The highest BCUT2D eigenvalue weighted by atomic mass is 35.5. The number of hydrogen-bond acceptors (Lipinski definition) is 2. The molecule has 1 N–H and O–H groups in total. The van der Waals surface area contributed by atoms with Crippen LogP contribution in [0.5, 0.6) is 0 Å². The number of nitrogens with zero attached hydrogens (tertiary/aromatic N) is 1. The molecule has 0 saturated carbocycles. The molecule has 0 bridgehead atoms. The predicted octanol–water partition coefficient (Wildman–Crippen LogP) is 4.22. The van der Waals surface area contributed by atoms with Gasteiger partial charge in [0.15, 0.2) is 0 Å². The van der Waals surface area contributed by atoms with E-state index in [-0.39, 0.29) is 11.5 Å². The van der Waals surface area contributed by atoms with E-state index in [1.807, 2.05) is 19.2 Å². The summed E-state index contributed by atoms with van der Waals surface area (Å²) in [4.78, 5) is 14.5. The maximum atomic E-state index is 14.6. The third-order valence-corrected chi connectivity index (χ3v) is 4.93. The van der Waals surface area contributed by atoms with E-state index in [4.69, 9.17) is 11.6 Å². The molecular formula is C20H22ClFN2O. The number of carbonyl (C=O) groups is 1. The summed E-state index contributed by atoms with van der Waals surface area (Å²) in [5, 5.41) is 3.79. The van der Waals surface area contributed by atoms with Crippen molar-refractivity contribution in [3.63, 3.8) is 0 Å². The first kappa shape index (κ1) is 17.9. The van der Waals surface area contributed by atoms with Gasteiger partial charge in [-0.3, -0.25) is 4.79 Å². The zero-order valence-corrected chi connectivity index (χ0v) is 15.0. The number of amides is 1. The van der Waals surface area contributed by atoms with Crippen molar-refractivity contribution in [1.29, 1.82) is 0 Å². The highest BCUT2D eigenvalue weighted by Crippen LogP contribution is 2.25. The van der Waals surface area contributed by atoms with Crippen molar-refractivity contribution in [2.24, 2.45) is 5.92 Å². The number of likely N-dealkylation sites (tertiary alicyclic amines) is 1. The van der Waals surface area contributed by atoms with Crippen molar-refractivity contribution >= 4 is 17.5 Å². The summed E-state index contributed by atoms with van der Waals surface area (Å²) < 4.78 is 14.6. The fraction of sp³-hybridized carbons (Fsp3) is 0.350. The Hall–Kier alpha value is -1.91. The summed E-state index contributed by atoms with van der Waals surface area (Å²) in [7, 11) is 1.91. The molecule has 1 aliphatic rings. The van der Waals surface area contributed by atoms with Gasteiger partial charge in [0, 0.05) is 18.1 Å². The third kappa shape index (κ3) is 4.20. The monoisotopic (exact) mass is 360 g/mol. The largest absolute Gasteiger partial charge is 0.338 e. The van der Waals surface area contributed by atoms with Gasteiger partial charge in [-0.2, -0.15) is 0 Å². The Morgan fingerprint density at radius 2 is 1.96 bits per heavy atom. The van der Waals surface area contributed by atoms with Gasteiger partial charge in [-0.1, -0.05) is 29.8 Å². The maximum absolute atomic E-state index is 14.6. The Labute approximate surface area is 152 Å². The van der Waals surface area contributed by atoms with Crippen LogP contribution in [-0.4, -0.2) is 37.5 Å². The lowest BCUT2D eigenvalue weighted by Crippen LogP contribution is -2.42. The molecule has 25 heavy (non-hydrogen) atoms. The van der Waals surface area contributed by atoms with Crippen LogP contribution in [0.15, 0.2) is 42.5 Å². The van der Waals surface area contributed by atoms with E-state index >= 15 is 0 Å². The molecule has 132 valence electrons. The van der Waals surface area contributed by atoms with Crippen molar-refractivity contribution in [2.45, 2.75) is 12.8 Å². The minimum atomic E-state index is -0.479. The molecule has 3 nitrogen and oxygen atoms in total. The number of hydrogen-bond donors (Lipinski definition) is 1. The molecule has 0 spiro atoms. The Morgan fingerprint density at radius 1 is 1.24 bits per heavy atom. The predicted molar refractivity (Wildman–Crippen MR) is 99.4 cm³/mol. The number of benzene rings is 2. The average molecular weight is 361 g/mol. The Balaban J connectivity index is 1.78. The van der Waals surface area contributed by atoms with Crippen LogP contribution in [0, 0.1) is 11.7 Å².